The van der Waals surface area contributed by atoms with Gasteiger partial charge in [0.25, 0.3) is 0 Å². The number of amides is 1. The minimum absolute atomic E-state index is 0.0859. The molecule has 1 aliphatic heterocycles. The van der Waals surface area contributed by atoms with Gasteiger partial charge in [-0.3, -0.25) is 4.79 Å². The third kappa shape index (κ3) is 2.79. The van der Waals surface area contributed by atoms with E-state index in [9.17, 15) is 4.79 Å². The molecule has 0 bridgehead atoms. The molecule has 0 aliphatic carbocycles. The molecular formula is C13H16Cl2N2O. The molecule has 1 saturated heterocycles. The zero-order valence-electron chi connectivity index (χ0n) is 10.2. The number of benzene rings is 1. The Hall–Kier alpha value is -0.770. The van der Waals surface area contributed by atoms with Crippen LogP contribution in [0.1, 0.15) is 26.2 Å². The van der Waals surface area contributed by atoms with Gasteiger partial charge >= 0.3 is 0 Å². The Balaban J connectivity index is 2.16. The predicted molar refractivity (Wildman–Crippen MR) is 75.4 cm³/mol. The fourth-order valence-electron chi connectivity index (χ4n) is 2.12. The van der Waals surface area contributed by atoms with Crippen molar-refractivity contribution in [2.45, 2.75) is 31.7 Å². The first-order chi connectivity index (χ1) is 8.53. The molecule has 1 heterocycles. The molecule has 2 N–H and O–H groups in total. The minimum Gasteiger partial charge on any atom is -0.322 e. The van der Waals surface area contributed by atoms with E-state index in [2.05, 4.69) is 10.6 Å². The standard InChI is InChI=1S/C13H16Cl2N2O/c1-13(7-2-3-8-16-13)12(18)17-11-9(14)5-4-6-10(11)15/h4-6,16H,2-3,7-8H2,1H3,(H,17,18). The van der Waals surface area contributed by atoms with E-state index in [0.717, 1.165) is 25.8 Å². The number of carbonyl (C=O) groups excluding carboxylic acids is 1. The molecule has 1 amide bonds. The van der Waals surface area contributed by atoms with Crippen molar-refractivity contribution in [2.75, 3.05) is 11.9 Å². The number of piperidine rings is 1. The van der Waals surface area contributed by atoms with Crippen LogP contribution in [0.2, 0.25) is 10.0 Å². The second kappa shape index (κ2) is 5.47. The Labute approximate surface area is 117 Å². The zero-order valence-corrected chi connectivity index (χ0v) is 11.7. The van der Waals surface area contributed by atoms with E-state index < -0.39 is 5.54 Å². The van der Waals surface area contributed by atoms with Crippen molar-refractivity contribution in [1.82, 2.24) is 5.32 Å². The fraction of sp³-hybridized carbons (Fsp3) is 0.462. The van der Waals surface area contributed by atoms with E-state index in [1.807, 2.05) is 6.92 Å². The van der Waals surface area contributed by atoms with Crippen LogP contribution in [0.5, 0.6) is 0 Å². The smallest absolute Gasteiger partial charge is 0.244 e. The van der Waals surface area contributed by atoms with Gasteiger partial charge in [0.05, 0.1) is 21.3 Å². The summed E-state index contributed by atoms with van der Waals surface area (Å²) in [6, 6.07) is 5.17. The molecule has 1 fully saturated rings. The molecule has 1 aromatic carbocycles. The number of hydrogen-bond acceptors (Lipinski definition) is 2. The SMILES string of the molecule is CC1(C(=O)Nc2c(Cl)cccc2Cl)CCCCN1. The lowest BCUT2D eigenvalue weighted by Gasteiger charge is -2.33. The summed E-state index contributed by atoms with van der Waals surface area (Å²) in [5.41, 5.74) is -0.0553. The van der Waals surface area contributed by atoms with Crippen LogP contribution in [0.4, 0.5) is 5.69 Å². The normalized spacial score (nSPS) is 23.7. The van der Waals surface area contributed by atoms with Crippen molar-refractivity contribution in [3.8, 4) is 0 Å². The van der Waals surface area contributed by atoms with Crippen molar-refractivity contribution in [1.29, 1.82) is 0 Å². The van der Waals surface area contributed by atoms with Crippen molar-refractivity contribution < 1.29 is 4.79 Å². The third-order valence-corrected chi connectivity index (χ3v) is 3.95. The van der Waals surface area contributed by atoms with Crippen LogP contribution < -0.4 is 10.6 Å². The summed E-state index contributed by atoms with van der Waals surface area (Å²) in [4.78, 5) is 12.3. The van der Waals surface area contributed by atoms with E-state index >= 15 is 0 Å². The Morgan fingerprint density at radius 1 is 1.33 bits per heavy atom. The maximum absolute atomic E-state index is 12.3. The van der Waals surface area contributed by atoms with Gasteiger partial charge in [0.15, 0.2) is 0 Å². The average Bonchev–Trinajstić information content (AvgIpc) is 2.34. The van der Waals surface area contributed by atoms with Gasteiger partial charge in [-0.05, 0) is 44.9 Å². The molecule has 1 aliphatic rings. The summed E-state index contributed by atoms with van der Waals surface area (Å²) in [6.45, 7) is 2.77. The second-order valence-electron chi connectivity index (χ2n) is 4.77. The molecule has 1 atom stereocenters. The van der Waals surface area contributed by atoms with Crippen LogP contribution in [0.25, 0.3) is 0 Å². The number of carbonyl (C=O) groups is 1. The van der Waals surface area contributed by atoms with Crippen LogP contribution in [-0.2, 0) is 4.79 Å². The fourth-order valence-corrected chi connectivity index (χ4v) is 2.61. The van der Waals surface area contributed by atoms with Gasteiger partial charge in [0.2, 0.25) is 5.91 Å². The zero-order chi connectivity index (χ0) is 13.2. The molecule has 0 spiro atoms. The van der Waals surface area contributed by atoms with Crippen molar-refractivity contribution in [3.05, 3.63) is 28.2 Å². The van der Waals surface area contributed by atoms with Crippen molar-refractivity contribution in [2.24, 2.45) is 0 Å². The van der Waals surface area contributed by atoms with Gasteiger partial charge in [-0.1, -0.05) is 29.3 Å². The van der Waals surface area contributed by atoms with E-state index in [4.69, 9.17) is 23.2 Å². The van der Waals surface area contributed by atoms with E-state index in [1.54, 1.807) is 18.2 Å². The first kappa shape index (κ1) is 13.7. The lowest BCUT2D eigenvalue weighted by Crippen LogP contribution is -2.54. The van der Waals surface area contributed by atoms with Crippen LogP contribution >= 0.6 is 23.2 Å². The number of rotatable bonds is 2. The average molecular weight is 287 g/mol. The molecule has 1 unspecified atom stereocenters. The summed E-state index contributed by atoms with van der Waals surface area (Å²) < 4.78 is 0. The lowest BCUT2D eigenvalue weighted by molar-refractivity contribution is -0.122. The summed E-state index contributed by atoms with van der Waals surface area (Å²) in [5.74, 6) is -0.0859. The van der Waals surface area contributed by atoms with Crippen LogP contribution in [-0.4, -0.2) is 18.0 Å². The molecule has 0 saturated carbocycles. The quantitative estimate of drug-likeness (QED) is 0.874. The molecule has 5 heteroatoms. The Morgan fingerprint density at radius 2 is 2.00 bits per heavy atom. The molecule has 0 radical (unpaired) electrons. The number of hydrogen-bond donors (Lipinski definition) is 2. The molecule has 2 rings (SSSR count). The molecule has 98 valence electrons. The first-order valence-corrected chi connectivity index (χ1v) is 6.79. The number of anilines is 1. The predicted octanol–water partition coefficient (Wildman–Crippen LogP) is 3.46. The Bertz CT molecular complexity index is 436. The highest BCUT2D eigenvalue weighted by Crippen LogP contribution is 2.31. The molecule has 3 nitrogen and oxygen atoms in total. The molecule has 0 aromatic heterocycles. The second-order valence-corrected chi connectivity index (χ2v) is 5.58. The van der Waals surface area contributed by atoms with Gasteiger partial charge in [0, 0.05) is 0 Å². The van der Waals surface area contributed by atoms with Crippen LogP contribution in [0, 0.1) is 0 Å². The van der Waals surface area contributed by atoms with E-state index in [-0.39, 0.29) is 5.91 Å². The molecule has 18 heavy (non-hydrogen) atoms. The first-order valence-electron chi connectivity index (χ1n) is 6.03. The highest BCUT2D eigenvalue weighted by atomic mass is 35.5. The largest absolute Gasteiger partial charge is 0.322 e. The van der Waals surface area contributed by atoms with E-state index in [0.29, 0.717) is 15.7 Å². The maximum atomic E-state index is 12.3. The Morgan fingerprint density at radius 3 is 2.56 bits per heavy atom. The minimum atomic E-state index is -0.541. The van der Waals surface area contributed by atoms with Gasteiger partial charge in [0.1, 0.15) is 0 Å². The number of para-hydroxylation sites is 1. The van der Waals surface area contributed by atoms with Gasteiger partial charge in [-0.25, -0.2) is 0 Å². The van der Waals surface area contributed by atoms with Gasteiger partial charge in [-0.2, -0.15) is 0 Å². The highest BCUT2D eigenvalue weighted by Gasteiger charge is 2.34. The molecule has 1 aromatic rings. The van der Waals surface area contributed by atoms with E-state index in [1.165, 1.54) is 0 Å². The summed E-state index contributed by atoms with van der Waals surface area (Å²) in [6.07, 6.45) is 2.98. The number of halogens is 2. The summed E-state index contributed by atoms with van der Waals surface area (Å²) in [5, 5.41) is 6.99. The lowest BCUT2D eigenvalue weighted by atomic mass is 9.90. The summed E-state index contributed by atoms with van der Waals surface area (Å²) in [7, 11) is 0. The Kier molecular flexibility index (Phi) is 4.15. The monoisotopic (exact) mass is 286 g/mol. The van der Waals surface area contributed by atoms with Gasteiger partial charge < -0.3 is 10.6 Å². The van der Waals surface area contributed by atoms with Crippen molar-refractivity contribution in [3.63, 3.8) is 0 Å². The number of nitrogens with one attached hydrogen (secondary N) is 2. The summed E-state index contributed by atoms with van der Waals surface area (Å²) >= 11 is 12.1. The maximum Gasteiger partial charge on any atom is 0.244 e. The highest BCUT2D eigenvalue weighted by molar-refractivity contribution is 6.39. The molecular weight excluding hydrogens is 271 g/mol. The van der Waals surface area contributed by atoms with Crippen molar-refractivity contribution >= 4 is 34.8 Å². The topological polar surface area (TPSA) is 41.1 Å². The van der Waals surface area contributed by atoms with Gasteiger partial charge in [-0.15, -0.1) is 0 Å². The third-order valence-electron chi connectivity index (χ3n) is 3.32. The van der Waals surface area contributed by atoms with Crippen LogP contribution in [0.15, 0.2) is 18.2 Å². The van der Waals surface area contributed by atoms with Crippen LogP contribution in [0.3, 0.4) is 0 Å².